The highest BCUT2D eigenvalue weighted by molar-refractivity contribution is 5.88. The van der Waals surface area contributed by atoms with Crippen LogP contribution < -0.4 is 5.73 Å². The Morgan fingerprint density at radius 3 is 2.93 bits per heavy atom. The SMILES string of the molecule is CCc1nn(CCO)c2ncnc(N)c12. The minimum atomic E-state index is 0.0316. The summed E-state index contributed by atoms with van der Waals surface area (Å²) in [5.41, 5.74) is 7.34. The Morgan fingerprint density at radius 2 is 2.27 bits per heavy atom. The summed E-state index contributed by atoms with van der Waals surface area (Å²) >= 11 is 0. The molecule has 2 rings (SSSR count). The molecule has 0 spiro atoms. The van der Waals surface area contributed by atoms with Crippen LogP contribution in [0.25, 0.3) is 11.0 Å². The highest BCUT2D eigenvalue weighted by atomic mass is 16.3. The second-order valence-electron chi connectivity index (χ2n) is 3.20. The van der Waals surface area contributed by atoms with E-state index in [1.54, 1.807) is 4.68 Å². The van der Waals surface area contributed by atoms with Gasteiger partial charge in [-0.05, 0) is 6.42 Å². The second kappa shape index (κ2) is 3.82. The third-order valence-electron chi connectivity index (χ3n) is 2.28. The molecule has 0 unspecified atom stereocenters. The van der Waals surface area contributed by atoms with Crippen LogP contribution in [-0.2, 0) is 13.0 Å². The number of aliphatic hydroxyl groups is 1. The summed E-state index contributed by atoms with van der Waals surface area (Å²) in [5, 5.41) is 14.0. The van der Waals surface area contributed by atoms with Gasteiger partial charge in [-0.25, -0.2) is 14.6 Å². The van der Waals surface area contributed by atoms with E-state index in [1.165, 1.54) is 6.33 Å². The van der Waals surface area contributed by atoms with E-state index in [1.807, 2.05) is 6.92 Å². The fourth-order valence-corrected chi connectivity index (χ4v) is 1.60. The van der Waals surface area contributed by atoms with E-state index in [-0.39, 0.29) is 6.61 Å². The van der Waals surface area contributed by atoms with Gasteiger partial charge in [0.25, 0.3) is 0 Å². The predicted molar refractivity (Wildman–Crippen MR) is 56.2 cm³/mol. The van der Waals surface area contributed by atoms with Crippen molar-refractivity contribution >= 4 is 16.9 Å². The zero-order valence-electron chi connectivity index (χ0n) is 8.51. The Bertz CT molecular complexity index is 479. The quantitative estimate of drug-likeness (QED) is 0.737. The van der Waals surface area contributed by atoms with E-state index in [9.17, 15) is 0 Å². The number of aliphatic hydroxyl groups excluding tert-OH is 1. The van der Waals surface area contributed by atoms with Crippen molar-refractivity contribution in [1.82, 2.24) is 19.7 Å². The topological polar surface area (TPSA) is 89.8 Å². The number of anilines is 1. The van der Waals surface area contributed by atoms with Gasteiger partial charge in [0.2, 0.25) is 0 Å². The van der Waals surface area contributed by atoms with Crippen LogP contribution in [0.3, 0.4) is 0 Å². The maximum atomic E-state index is 8.89. The molecule has 2 heterocycles. The first kappa shape index (κ1) is 9.85. The van der Waals surface area contributed by atoms with Gasteiger partial charge in [0.1, 0.15) is 12.1 Å². The molecular weight excluding hydrogens is 194 g/mol. The monoisotopic (exact) mass is 207 g/mol. The smallest absolute Gasteiger partial charge is 0.163 e. The van der Waals surface area contributed by atoms with Gasteiger partial charge >= 0.3 is 0 Å². The minimum Gasteiger partial charge on any atom is -0.394 e. The molecule has 0 radical (unpaired) electrons. The molecule has 0 atom stereocenters. The van der Waals surface area contributed by atoms with Gasteiger partial charge in [-0.15, -0.1) is 0 Å². The van der Waals surface area contributed by atoms with E-state index >= 15 is 0 Å². The standard InChI is InChI=1S/C9H13N5O/c1-2-6-7-8(10)11-5-12-9(7)14(13-6)3-4-15/h5,15H,2-4H2,1H3,(H2,10,11,12). The number of fused-ring (bicyclic) bond motifs is 1. The molecular formula is C9H13N5O. The van der Waals surface area contributed by atoms with Crippen LogP contribution >= 0.6 is 0 Å². The van der Waals surface area contributed by atoms with Crippen molar-refractivity contribution < 1.29 is 5.11 Å². The molecule has 0 saturated heterocycles. The Morgan fingerprint density at radius 1 is 1.47 bits per heavy atom. The van der Waals surface area contributed by atoms with Crippen LogP contribution in [0.1, 0.15) is 12.6 Å². The zero-order chi connectivity index (χ0) is 10.8. The van der Waals surface area contributed by atoms with Crippen molar-refractivity contribution in [1.29, 1.82) is 0 Å². The third-order valence-corrected chi connectivity index (χ3v) is 2.28. The summed E-state index contributed by atoms with van der Waals surface area (Å²) in [7, 11) is 0. The summed E-state index contributed by atoms with van der Waals surface area (Å²) in [6.45, 7) is 2.45. The first-order chi connectivity index (χ1) is 7.27. The van der Waals surface area contributed by atoms with Gasteiger partial charge in [-0.3, -0.25) is 0 Å². The highest BCUT2D eigenvalue weighted by Crippen LogP contribution is 2.21. The maximum Gasteiger partial charge on any atom is 0.163 e. The van der Waals surface area contributed by atoms with Crippen LogP contribution in [0.5, 0.6) is 0 Å². The van der Waals surface area contributed by atoms with Crippen LogP contribution in [0, 0.1) is 0 Å². The average Bonchev–Trinajstić information content (AvgIpc) is 2.59. The van der Waals surface area contributed by atoms with Gasteiger partial charge < -0.3 is 10.8 Å². The van der Waals surface area contributed by atoms with E-state index in [0.29, 0.717) is 18.0 Å². The number of aromatic nitrogens is 4. The first-order valence-corrected chi connectivity index (χ1v) is 4.84. The van der Waals surface area contributed by atoms with E-state index in [0.717, 1.165) is 17.5 Å². The average molecular weight is 207 g/mol. The fourth-order valence-electron chi connectivity index (χ4n) is 1.60. The Labute approximate surface area is 86.8 Å². The number of rotatable bonds is 3. The minimum absolute atomic E-state index is 0.0316. The maximum absolute atomic E-state index is 8.89. The molecule has 80 valence electrons. The highest BCUT2D eigenvalue weighted by Gasteiger charge is 2.13. The fraction of sp³-hybridized carbons (Fsp3) is 0.444. The molecule has 0 amide bonds. The molecule has 0 aliphatic carbocycles. The van der Waals surface area contributed by atoms with Gasteiger partial charge in [0.05, 0.1) is 24.2 Å². The van der Waals surface area contributed by atoms with Gasteiger partial charge in [-0.2, -0.15) is 5.10 Å². The molecule has 3 N–H and O–H groups in total. The number of hydrogen-bond donors (Lipinski definition) is 2. The molecule has 6 heteroatoms. The summed E-state index contributed by atoms with van der Waals surface area (Å²) in [6.07, 6.45) is 2.18. The van der Waals surface area contributed by atoms with E-state index in [2.05, 4.69) is 15.1 Å². The van der Waals surface area contributed by atoms with Crippen molar-refractivity contribution in [3.05, 3.63) is 12.0 Å². The third kappa shape index (κ3) is 1.52. The number of nitrogens with zero attached hydrogens (tertiary/aromatic N) is 4. The van der Waals surface area contributed by atoms with E-state index in [4.69, 9.17) is 10.8 Å². The molecule has 2 aromatic heterocycles. The van der Waals surface area contributed by atoms with Crippen LogP contribution in [0.15, 0.2) is 6.33 Å². The van der Waals surface area contributed by atoms with Crippen molar-refractivity contribution in [2.24, 2.45) is 0 Å². The lowest BCUT2D eigenvalue weighted by Gasteiger charge is -1.98. The van der Waals surface area contributed by atoms with Crippen molar-refractivity contribution in [2.45, 2.75) is 19.9 Å². The lowest BCUT2D eigenvalue weighted by atomic mass is 10.2. The molecule has 0 aliphatic rings. The van der Waals surface area contributed by atoms with E-state index < -0.39 is 0 Å². The van der Waals surface area contributed by atoms with Gasteiger partial charge in [0, 0.05) is 0 Å². The van der Waals surface area contributed by atoms with Crippen LogP contribution in [0.2, 0.25) is 0 Å². The van der Waals surface area contributed by atoms with Crippen molar-refractivity contribution in [2.75, 3.05) is 12.3 Å². The Kier molecular flexibility index (Phi) is 2.51. The number of nitrogen functional groups attached to an aromatic ring is 1. The number of aryl methyl sites for hydroxylation is 1. The predicted octanol–water partition coefficient (Wildman–Crippen LogP) is -0.0368. The summed E-state index contributed by atoms with van der Waals surface area (Å²) < 4.78 is 1.66. The number of nitrogens with two attached hydrogens (primary N) is 1. The lowest BCUT2D eigenvalue weighted by molar-refractivity contribution is 0.271. The van der Waals surface area contributed by atoms with Crippen LogP contribution in [0.4, 0.5) is 5.82 Å². The molecule has 15 heavy (non-hydrogen) atoms. The molecule has 0 aromatic carbocycles. The van der Waals surface area contributed by atoms with Gasteiger partial charge in [0.15, 0.2) is 5.65 Å². The van der Waals surface area contributed by atoms with Gasteiger partial charge in [-0.1, -0.05) is 6.92 Å². The molecule has 6 nitrogen and oxygen atoms in total. The normalized spacial score (nSPS) is 11.1. The second-order valence-corrected chi connectivity index (χ2v) is 3.20. The summed E-state index contributed by atoms with van der Waals surface area (Å²) in [6, 6.07) is 0. The zero-order valence-corrected chi connectivity index (χ0v) is 8.51. The molecule has 0 saturated carbocycles. The number of hydrogen-bond acceptors (Lipinski definition) is 5. The van der Waals surface area contributed by atoms with Crippen molar-refractivity contribution in [3.63, 3.8) is 0 Å². The molecule has 0 aliphatic heterocycles. The summed E-state index contributed by atoms with van der Waals surface area (Å²) in [5.74, 6) is 0.445. The first-order valence-electron chi connectivity index (χ1n) is 4.84. The molecule has 2 aromatic rings. The molecule has 0 bridgehead atoms. The van der Waals surface area contributed by atoms with Crippen LogP contribution in [-0.4, -0.2) is 31.5 Å². The largest absolute Gasteiger partial charge is 0.394 e. The summed E-state index contributed by atoms with van der Waals surface area (Å²) in [4.78, 5) is 8.07. The molecule has 0 fully saturated rings. The Balaban J connectivity index is 2.69. The van der Waals surface area contributed by atoms with Crippen molar-refractivity contribution in [3.8, 4) is 0 Å². The Hall–Kier alpha value is -1.69. The lowest BCUT2D eigenvalue weighted by Crippen LogP contribution is -2.05.